The molecule has 2 heterocycles. The number of primary amides is 1. The third kappa shape index (κ3) is 3.42. The lowest BCUT2D eigenvalue weighted by atomic mass is 10.1. The van der Waals surface area contributed by atoms with Gasteiger partial charge in [-0.25, -0.2) is 4.98 Å². The smallest absolute Gasteiger partial charge is 0.250 e. The summed E-state index contributed by atoms with van der Waals surface area (Å²) in [5.74, 6) is 0.218. The van der Waals surface area contributed by atoms with E-state index in [1.54, 1.807) is 16.8 Å². The number of hydrogen-bond donors (Lipinski definition) is 2. The SMILES string of the molecule is Cl.Cl.Cn1ccc(-c2ccc(-c3nc4c(C(N)=O)cccc4[nH]3)cc2)n1. The second-order valence-corrected chi connectivity index (χ2v) is 5.60. The first kappa shape index (κ1) is 19.5. The number of imidazole rings is 1. The van der Waals surface area contributed by atoms with Crippen LogP contribution in [0.4, 0.5) is 0 Å². The van der Waals surface area contributed by atoms with Crippen LogP contribution in [-0.4, -0.2) is 25.7 Å². The molecule has 0 saturated carbocycles. The van der Waals surface area contributed by atoms with E-state index in [1.165, 1.54) is 0 Å². The van der Waals surface area contributed by atoms with Gasteiger partial charge < -0.3 is 10.7 Å². The summed E-state index contributed by atoms with van der Waals surface area (Å²) in [7, 11) is 1.89. The van der Waals surface area contributed by atoms with Gasteiger partial charge in [-0.3, -0.25) is 9.48 Å². The Bertz CT molecular complexity index is 1050. The zero-order chi connectivity index (χ0) is 16.7. The first-order valence-corrected chi connectivity index (χ1v) is 7.51. The third-order valence-electron chi connectivity index (χ3n) is 3.95. The van der Waals surface area contributed by atoms with Crippen molar-refractivity contribution in [2.75, 3.05) is 0 Å². The molecule has 0 spiro atoms. The minimum atomic E-state index is -0.482. The summed E-state index contributed by atoms with van der Waals surface area (Å²) in [4.78, 5) is 19.3. The highest BCUT2D eigenvalue weighted by molar-refractivity contribution is 6.04. The van der Waals surface area contributed by atoms with E-state index in [0.717, 1.165) is 22.3 Å². The molecule has 8 heteroatoms. The summed E-state index contributed by atoms with van der Waals surface area (Å²) < 4.78 is 1.77. The Labute approximate surface area is 162 Å². The molecule has 0 fully saturated rings. The second kappa shape index (κ2) is 7.59. The molecule has 1 amide bonds. The van der Waals surface area contributed by atoms with Gasteiger partial charge in [0.15, 0.2) is 0 Å². The number of hydrogen-bond acceptors (Lipinski definition) is 3. The summed E-state index contributed by atoms with van der Waals surface area (Å²) in [6, 6.07) is 15.3. The van der Waals surface area contributed by atoms with Gasteiger partial charge in [0.1, 0.15) is 11.3 Å². The molecule has 6 nitrogen and oxygen atoms in total. The van der Waals surface area contributed by atoms with Gasteiger partial charge in [0.05, 0.1) is 16.8 Å². The summed E-state index contributed by atoms with van der Waals surface area (Å²) in [6.45, 7) is 0. The number of benzene rings is 2. The molecule has 0 atom stereocenters. The fourth-order valence-corrected chi connectivity index (χ4v) is 2.74. The predicted octanol–water partition coefficient (Wildman–Crippen LogP) is 3.57. The molecular weight excluding hydrogens is 373 g/mol. The lowest BCUT2D eigenvalue weighted by molar-refractivity contribution is 0.100. The highest BCUT2D eigenvalue weighted by atomic mass is 35.5. The van der Waals surface area contributed by atoms with E-state index in [2.05, 4.69) is 15.1 Å². The summed E-state index contributed by atoms with van der Waals surface area (Å²) in [6.07, 6.45) is 1.91. The summed E-state index contributed by atoms with van der Waals surface area (Å²) >= 11 is 0. The Morgan fingerprint density at radius 3 is 2.35 bits per heavy atom. The quantitative estimate of drug-likeness (QED) is 0.560. The van der Waals surface area contributed by atoms with Crippen LogP contribution in [0.3, 0.4) is 0 Å². The number of aromatic amines is 1. The Balaban J connectivity index is 0.00000121. The molecule has 134 valence electrons. The highest BCUT2D eigenvalue weighted by Crippen LogP contribution is 2.25. The zero-order valence-corrected chi connectivity index (χ0v) is 15.5. The van der Waals surface area contributed by atoms with Crippen molar-refractivity contribution in [2.24, 2.45) is 12.8 Å². The number of nitrogens with zero attached hydrogens (tertiary/aromatic N) is 3. The number of nitrogens with two attached hydrogens (primary N) is 1. The van der Waals surface area contributed by atoms with E-state index < -0.39 is 5.91 Å². The van der Waals surface area contributed by atoms with Gasteiger partial charge in [0.25, 0.3) is 5.91 Å². The van der Waals surface area contributed by atoms with Gasteiger partial charge >= 0.3 is 0 Å². The van der Waals surface area contributed by atoms with Gasteiger partial charge in [-0.2, -0.15) is 5.10 Å². The van der Waals surface area contributed by atoms with Crippen LogP contribution in [0, 0.1) is 0 Å². The van der Waals surface area contributed by atoms with Crippen molar-refractivity contribution in [3.8, 4) is 22.6 Å². The minimum absolute atomic E-state index is 0. The van der Waals surface area contributed by atoms with Crippen LogP contribution in [0.15, 0.2) is 54.7 Å². The number of rotatable bonds is 3. The van der Waals surface area contributed by atoms with Crippen LogP contribution >= 0.6 is 24.8 Å². The van der Waals surface area contributed by atoms with Crippen molar-refractivity contribution in [1.82, 2.24) is 19.7 Å². The number of aromatic nitrogens is 4. The molecule has 0 aliphatic heterocycles. The normalized spacial score (nSPS) is 10.2. The standard InChI is InChI=1S/C18H15N5O.2ClH/c1-23-10-9-14(22-23)11-5-7-12(8-6-11)18-20-15-4-2-3-13(17(19)24)16(15)21-18;;/h2-10H,1H3,(H2,19,24)(H,20,21);2*1H. The van der Waals surface area contributed by atoms with Gasteiger partial charge in [0, 0.05) is 24.4 Å². The maximum Gasteiger partial charge on any atom is 0.250 e. The predicted molar refractivity (Wildman–Crippen MR) is 107 cm³/mol. The maximum atomic E-state index is 11.5. The minimum Gasteiger partial charge on any atom is -0.366 e. The van der Waals surface area contributed by atoms with Crippen molar-refractivity contribution in [2.45, 2.75) is 0 Å². The molecule has 0 saturated heterocycles. The Morgan fingerprint density at radius 2 is 1.73 bits per heavy atom. The molecule has 0 bridgehead atoms. The molecule has 4 aromatic rings. The molecule has 0 unspecified atom stereocenters. The number of halogens is 2. The van der Waals surface area contributed by atoms with Crippen molar-refractivity contribution < 1.29 is 4.79 Å². The maximum absolute atomic E-state index is 11.5. The number of nitrogens with one attached hydrogen (secondary N) is 1. The third-order valence-corrected chi connectivity index (χ3v) is 3.95. The van der Waals surface area contributed by atoms with Crippen molar-refractivity contribution >= 4 is 41.8 Å². The topological polar surface area (TPSA) is 89.6 Å². The molecular formula is C18H17Cl2N5O. The number of carbonyl (C=O) groups excluding carboxylic acids is 1. The van der Waals surface area contributed by atoms with E-state index >= 15 is 0 Å². The fourth-order valence-electron chi connectivity index (χ4n) is 2.74. The fraction of sp³-hybridized carbons (Fsp3) is 0.0556. The van der Waals surface area contributed by atoms with Crippen molar-refractivity contribution in [3.63, 3.8) is 0 Å². The Kier molecular flexibility index (Phi) is 5.69. The lowest BCUT2D eigenvalue weighted by Crippen LogP contribution is -2.11. The largest absolute Gasteiger partial charge is 0.366 e. The van der Waals surface area contributed by atoms with Crippen LogP contribution in [0.2, 0.25) is 0 Å². The van der Waals surface area contributed by atoms with Crippen molar-refractivity contribution in [3.05, 3.63) is 60.3 Å². The molecule has 4 rings (SSSR count). The highest BCUT2D eigenvalue weighted by Gasteiger charge is 2.12. The molecule has 0 aliphatic rings. The average Bonchev–Trinajstić information content (AvgIpc) is 3.20. The van der Waals surface area contributed by atoms with Gasteiger partial charge in [-0.1, -0.05) is 30.3 Å². The zero-order valence-electron chi connectivity index (χ0n) is 13.8. The van der Waals surface area contributed by atoms with Gasteiger partial charge in [-0.15, -0.1) is 24.8 Å². The van der Waals surface area contributed by atoms with E-state index in [9.17, 15) is 4.79 Å². The average molecular weight is 390 g/mol. The molecule has 2 aromatic carbocycles. The van der Waals surface area contributed by atoms with Crippen LogP contribution in [0.5, 0.6) is 0 Å². The van der Waals surface area contributed by atoms with E-state index in [4.69, 9.17) is 5.73 Å². The lowest BCUT2D eigenvalue weighted by Gasteiger charge is -1.99. The monoisotopic (exact) mass is 389 g/mol. The summed E-state index contributed by atoms with van der Waals surface area (Å²) in [5.41, 5.74) is 10.1. The van der Waals surface area contributed by atoms with Crippen LogP contribution in [0.1, 0.15) is 10.4 Å². The first-order chi connectivity index (χ1) is 11.6. The molecule has 26 heavy (non-hydrogen) atoms. The molecule has 0 radical (unpaired) electrons. The molecule has 0 aliphatic carbocycles. The molecule has 3 N–H and O–H groups in total. The number of aryl methyl sites for hydroxylation is 1. The van der Waals surface area contributed by atoms with Crippen LogP contribution < -0.4 is 5.73 Å². The van der Waals surface area contributed by atoms with E-state index in [0.29, 0.717) is 16.9 Å². The first-order valence-electron chi connectivity index (χ1n) is 7.51. The second-order valence-electron chi connectivity index (χ2n) is 5.60. The molecule has 2 aromatic heterocycles. The van der Waals surface area contributed by atoms with E-state index in [-0.39, 0.29) is 24.8 Å². The van der Waals surface area contributed by atoms with E-state index in [1.807, 2.05) is 49.6 Å². The Hall–Kier alpha value is -2.83. The van der Waals surface area contributed by atoms with Crippen LogP contribution in [0.25, 0.3) is 33.7 Å². The number of H-pyrrole nitrogens is 1. The van der Waals surface area contributed by atoms with Crippen molar-refractivity contribution in [1.29, 1.82) is 0 Å². The Morgan fingerprint density at radius 1 is 1.04 bits per heavy atom. The number of carbonyl (C=O) groups is 1. The number of fused-ring (bicyclic) bond motifs is 1. The number of amides is 1. The van der Waals surface area contributed by atoms with Crippen LogP contribution in [-0.2, 0) is 7.05 Å². The number of para-hydroxylation sites is 1. The van der Waals surface area contributed by atoms with Gasteiger partial charge in [0.2, 0.25) is 0 Å². The van der Waals surface area contributed by atoms with Gasteiger partial charge in [-0.05, 0) is 18.2 Å². The summed E-state index contributed by atoms with van der Waals surface area (Å²) in [5, 5.41) is 4.39.